The first-order valence-corrected chi connectivity index (χ1v) is 39.1. The van der Waals surface area contributed by atoms with Gasteiger partial charge >= 0.3 is 41.8 Å². The Morgan fingerprint density at radius 3 is 0.937 bits per heavy atom. The number of ketones is 6. The van der Waals surface area contributed by atoms with Gasteiger partial charge in [-0.25, -0.2) is 38.6 Å². The number of nitro groups is 1. The number of aliphatic imine (C=N–C) groups is 1. The van der Waals surface area contributed by atoms with Crippen molar-refractivity contribution in [3.63, 3.8) is 0 Å². The number of aryl methyl sites for hydroxylation is 4. The van der Waals surface area contributed by atoms with Crippen LogP contribution in [0.15, 0.2) is 288 Å². The summed E-state index contributed by atoms with van der Waals surface area (Å²) in [5.41, 5.74) is 10.1. The highest BCUT2D eigenvalue weighted by Gasteiger charge is 2.24. The lowest BCUT2D eigenvalue weighted by Crippen LogP contribution is -2.13. The molecule has 7 N–H and O–H groups in total. The largest absolute Gasteiger partial charge is 0.478 e. The van der Waals surface area contributed by atoms with Gasteiger partial charge in [0.25, 0.3) is 5.69 Å². The topological polar surface area (TPSA) is 457 Å². The summed E-state index contributed by atoms with van der Waals surface area (Å²) < 4.78 is 0. The number of pyridine rings is 1. The number of carbonyl (C=O) groups is 13. The molecule has 638 valence electrons. The van der Waals surface area contributed by atoms with E-state index in [2.05, 4.69) is 34.1 Å². The van der Waals surface area contributed by atoms with Crippen molar-refractivity contribution in [1.82, 2.24) is 4.98 Å². The van der Waals surface area contributed by atoms with E-state index < -0.39 is 58.3 Å². The van der Waals surface area contributed by atoms with Crippen molar-refractivity contribution in [2.24, 2.45) is 15.2 Å². The number of nitrogens with zero attached hydrogens (tertiary/aromatic N) is 5. The molecule has 0 unspecified atom stereocenters. The van der Waals surface area contributed by atoms with Gasteiger partial charge in [0, 0.05) is 87.8 Å². The minimum atomic E-state index is -1.19. The molecule has 0 spiro atoms. The van der Waals surface area contributed by atoms with Gasteiger partial charge in [-0.2, -0.15) is 5.11 Å². The molecule has 0 radical (unpaired) electrons. The van der Waals surface area contributed by atoms with E-state index in [-0.39, 0.29) is 140 Å². The number of hydrogen-bond acceptors (Lipinski definition) is 19. The maximum atomic E-state index is 12.4. The average Bonchev–Trinajstić information content (AvgIpc) is 1.05. The van der Waals surface area contributed by atoms with Crippen LogP contribution in [-0.2, 0) is 51.4 Å². The molecule has 1 aromatic heterocycles. The Hall–Kier alpha value is -16.2. The first-order chi connectivity index (χ1) is 60.2. The number of rotatable bonds is 29. The van der Waals surface area contributed by atoms with Crippen LogP contribution >= 0.6 is 11.6 Å². The van der Waals surface area contributed by atoms with Crippen molar-refractivity contribution < 1.29 is 103 Å². The molecule has 0 aliphatic carbocycles. The highest BCUT2D eigenvalue weighted by molar-refractivity contribution is 6.31. The molecule has 28 heteroatoms. The number of carboxylic acid groups (broad SMARTS) is 7. The van der Waals surface area contributed by atoms with E-state index in [1.807, 2.05) is 91.9 Å². The molecule has 0 atom stereocenters. The summed E-state index contributed by atoms with van der Waals surface area (Å²) in [5, 5.41) is 82.6. The van der Waals surface area contributed by atoms with Crippen LogP contribution in [0.1, 0.15) is 210 Å². The maximum absolute atomic E-state index is 12.4. The summed E-state index contributed by atoms with van der Waals surface area (Å²) in [6.07, 6.45) is 3.39. The monoisotopic (exact) mass is 1720 g/mol. The third kappa shape index (κ3) is 27.7. The second-order valence-electron chi connectivity index (χ2n) is 27.9. The number of hydrogen-bond donors (Lipinski definition) is 7. The maximum Gasteiger partial charge on any atom is 0.336 e. The molecule has 12 aromatic rings. The van der Waals surface area contributed by atoms with Crippen LogP contribution in [0, 0.1) is 24.0 Å². The van der Waals surface area contributed by atoms with Crippen molar-refractivity contribution >= 4 is 99.6 Å². The van der Waals surface area contributed by atoms with E-state index in [9.17, 15) is 77.5 Å². The zero-order valence-corrected chi connectivity index (χ0v) is 69.0. The summed E-state index contributed by atoms with van der Waals surface area (Å²) >= 11 is 6.02. The molecule has 0 amide bonds. The molecule has 2 heterocycles. The molecule has 0 saturated heterocycles. The first kappa shape index (κ1) is 95.3. The third-order valence-corrected chi connectivity index (χ3v) is 19.6. The molecule has 13 rings (SSSR count). The highest BCUT2D eigenvalue weighted by atomic mass is 35.5. The Balaban J connectivity index is 0.000000187. The van der Waals surface area contributed by atoms with Crippen LogP contribution in [0.3, 0.4) is 0 Å². The average molecular weight is 1720 g/mol. The summed E-state index contributed by atoms with van der Waals surface area (Å²) in [5.74, 6) is -8.90. The van der Waals surface area contributed by atoms with Gasteiger partial charge in [0.2, 0.25) is 0 Å². The van der Waals surface area contributed by atoms with Gasteiger partial charge in [-0.15, -0.1) is 5.11 Å². The fourth-order valence-corrected chi connectivity index (χ4v) is 12.7. The lowest BCUT2D eigenvalue weighted by molar-refractivity contribution is -0.385. The van der Waals surface area contributed by atoms with Gasteiger partial charge in [-0.05, 0) is 126 Å². The molecule has 0 fully saturated rings. The lowest BCUT2D eigenvalue weighted by Gasteiger charge is -2.08. The normalized spacial score (nSPS) is 10.7. The fourth-order valence-electron chi connectivity index (χ4n) is 12.5. The number of carbonyl (C=O) groups excluding carboxylic acids is 6. The smallest absolute Gasteiger partial charge is 0.336 e. The van der Waals surface area contributed by atoms with Crippen molar-refractivity contribution in [3.8, 4) is 0 Å². The molecular weight excluding hydrogens is 1630 g/mol. The number of halogens is 1. The Morgan fingerprint density at radius 1 is 0.341 bits per heavy atom. The van der Waals surface area contributed by atoms with E-state index in [4.69, 9.17) is 42.2 Å². The second kappa shape index (κ2) is 46.6. The Morgan fingerprint density at radius 2 is 0.643 bits per heavy atom. The van der Waals surface area contributed by atoms with Crippen LogP contribution in [0.25, 0.3) is 0 Å². The predicted molar refractivity (Wildman–Crippen MR) is 468 cm³/mol. The summed E-state index contributed by atoms with van der Waals surface area (Å²) in [6, 6.07) is 72.6. The van der Waals surface area contributed by atoms with E-state index in [1.165, 1.54) is 102 Å². The minimum absolute atomic E-state index is 0.0230. The van der Waals surface area contributed by atoms with Crippen LogP contribution in [-0.4, -0.2) is 135 Å². The highest BCUT2D eigenvalue weighted by Crippen LogP contribution is 2.24. The van der Waals surface area contributed by atoms with E-state index >= 15 is 0 Å². The van der Waals surface area contributed by atoms with Crippen LogP contribution in [0.4, 0.5) is 5.69 Å². The van der Waals surface area contributed by atoms with Gasteiger partial charge in [0.1, 0.15) is 6.20 Å². The van der Waals surface area contributed by atoms with Gasteiger partial charge < -0.3 is 35.7 Å². The van der Waals surface area contributed by atoms with Crippen molar-refractivity contribution in [2.75, 3.05) is 6.67 Å². The van der Waals surface area contributed by atoms with Crippen LogP contribution in [0.5, 0.6) is 0 Å². The molecule has 0 saturated carbocycles. The minimum Gasteiger partial charge on any atom is -0.478 e. The number of aromatic nitrogens is 1. The molecule has 27 nitrogen and oxygen atoms in total. The number of amidine groups is 1. The molecule has 126 heavy (non-hydrogen) atoms. The van der Waals surface area contributed by atoms with E-state index in [0.717, 1.165) is 58.0 Å². The van der Waals surface area contributed by atoms with Gasteiger partial charge in [-0.1, -0.05) is 237 Å². The lowest BCUT2D eigenvalue weighted by atomic mass is 9.95. The third-order valence-electron chi connectivity index (χ3n) is 19.2. The SMILES string of the molecule is CCc1ccc(CC(=O)c2ccccc2C(=O)O)cc1.CCc1ccc(CC(=O)c2ccccc2C(=O)O)cc1.Cc1ccc(CC(=O)c2ccccc2C(=O)O)c(C(=O)O)c1.Cc1ccc(CC(=O)c2ccccc2C(=O)O)cc1Cl.O=C(O)c1ccccc1C(=O)Cc1ccc(C2=NCN=N2)cc1.O=C(O)c1ccccc1C(=O)Cc1ccc([N+](=O)[O-])cn1. The zero-order chi connectivity index (χ0) is 91.7. The Kier molecular flexibility index (Phi) is 35.2. The zero-order valence-electron chi connectivity index (χ0n) is 68.2. The standard InChI is InChI=1S/C17H13N3O3.C17H14O5.2C17H16O3.C16H13ClO3.C14H10N2O5/c21-15(13-3-1-2-4-14(13)17(22)23)9-11-5-7-12(8-6-11)16-18-10-19-20-16;1-10-6-7-11(14(8-10)17(21)22)9-15(18)12-4-2-3-5-13(12)16(19)20;2*1-2-12-7-9-13(10-8-12)11-16(18)14-5-3-4-6-15(14)17(19)20;1-10-6-7-11(8-14(10)17)9-15(18)12-4-2-3-5-13(12)16(19)20;17-13(11-3-1-2-4-12(11)14(18)19)7-9-5-6-10(8-15-9)16(20)21/h1-8H,9-10H2,(H,22,23);2-8H,9H2,1H3,(H,19,20)(H,21,22);2*3-10H,2,11H2,1H3,(H,19,20);2-8H,9H2,1H3,(H,19,20);1-6,8H,7H2,(H,18,19). The number of aromatic carboxylic acids is 7. The molecular formula is C98H82ClN5O22. The second-order valence-corrected chi connectivity index (χ2v) is 28.3. The van der Waals surface area contributed by atoms with Gasteiger partial charge in [-0.3, -0.25) is 43.9 Å². The molecule has 1 aliphatic heterocycles. The summed E-state index contributed by atoms with van der Waals surface area (Å²) in [4.78, 5) is 169. The number of benzene rings is 11. The van der Waals surface area contributed by atoms with Crippen LogP contribution < -0.4 is 0 Å². The molecule has 1 aliphatic rings. The number of azo groups is 1. The first-order valence-electron chi connectivity index (χ1n) is 38.7. The van der Waals surface area contributed by atoms with Gasteiger partial charge in [0.05, 0.1) is 50.3 Å². The Bertz CT molecular complexity index is 6050. The van der Waals surface area contributed by atoms with E-state index in [1.54, 1.807) is 97.9 Å². The molecule has 0 bridgehead atoms. The summed E-state index contributed by atoms with van der Waals surface area (Å²) in [6.45, 7) is 8.14. The van der Waals surface area contributed by atoms with E-state index in [0.29, 0.717) is 28.8 Å². The van der Waals surface area contributed by atoms with Crippen molar-refractivity contribution in [3.05, 3.63) is 422 Å². The Labute approximate surface area is 726 Å². The summed E-state index contributed by atoms with van der Waals surface area (Å²) in [7, 11) is 0. The van der Waals surface area contributed by atoms with Crippen molar-refractivity contribution in [2.45, 2.75) is 79.1 Å². The van der Waals surface area contributed by atoms with Crippen LogP contribution in [0.2, 0.25) is 5.02 Å². The fraction of sp³-hybridized carbons (Fsp3) is 0.133. The predicted octanol–water partition coefficient (Wildman–Crippen LogP) is 18.4. The molecule has 11 aromatic carbocycles. The number of Topliss-reactive ketones (excluding diaryl/α,β-unsaturated/α-hetero) is 6. The van der Waals surface area contributed by atoms with Gasteiger partial charge in [0.15, 0.2) is 47.2 Å². The quantitative estimate of drug-likeness (QED) is 0.0130. The van der Waals surface area contributed by atoms with Crippen molar-refractivity contribution in [1.29, 1.82) is 0 Å². The number of carboxylic acids is 7.